The summed E-state index contributed by atoms with van der Waals surface area (Å²) in [7, 11) is 1.64. The van der Waals surface area contributed by atoms with Gasteiger partial charge in [0.1, 0.15) is 36.3 Å². The fraction of sp³-hybridized carbons (Fsp3) is 0.500. The molecule has 1 aromatic rings. The van der Waals surface area contributed by atoms with Gasteiger partial charge in [-0.2, -0.15) is 0 Å². The average Bonchev–Trinajstić information content (AvgIpc) is 3.34. The van der Waals surface area contributed by atoms with Gasteiger partial charge in [-0.15, -0.1) is 6.42 Å². The first-order valence-corrected chi connectivity index (χ1v) is 6.98. The zero-order valence-corrected chi connectivity index (χ0v) is 11.6. The number of fused-ring (bicyclic) bond motifs is 3. The van der Waals surface area contributed by atoms with Crippen molar-refractivity contribution in [2.75, 3.05) is 13.7 Å². The van der Waals surface area contributed by atoms with E-state index in [0.29, 0.717) is 6.61 Å². The van der Waals surface area contributed by atoms with Crippen molar-refractivity contribution in [1.82, 2.24) is 0 Å². The molecule has 5 nitrogen and oxygen atoms in total. The summed E-state index contributed by atoms with van der Waals surface area (Å²) in [4.78, 5) is 0. The SMILES string of the molecule is C#C[C@H]1O[C@@H]2COC(c3ccc(OC)cc3)O[C@H]2[C@H]2O[C@H]21. The molecule has 1 unspecified atom stereocenters. The largest absolute Gasteiger partial charge is 0.497 e. The lowest BCUT2D eigenvalue weighted by Gasteiger charge is -2.39. The van der Waals surface area contributed by atoms with Gasteiger partial charge in [-0.1, -0.05) is 18.1 Å². The Balaban J connectivity index is 1.48. The summed E-state index contributed by atoms with van der Waals surface area (Å²) in [6.07, 6.45) is 4.44. The molecule has 4 rings (SSSR count). The smallest absolute Gasteiger partial charge is 0.184 e. The second-order valence-corrected chi connectivity index (χ2v) is 5.37. The number of benzene rings is 1. The van der Waals surface area contributed by atoms with Crippen molar-refractivity contribution in [2.24, 2.45) is 0 Å². The molecule has 3 fully saturated rings. The van der Waals surface area contributed by atoms with Crippen molar-refractivity contribution in [3.63, 3.8) is 0 Å². The van der Waals surface area contributed by atoms with E-state index in [9.17, 15) is 0 Å². The summed E-state index contributed by atoms with van der Waals surface area (Å²) < 4.78 is 28.3. The van der Waals surface area contributed by atoms with E-state index in [4.69, 9.17) is 30.1 Å². The van der Waals surface area contributed by atoms with Crippen LogP contribution < -0.4 is 4.74 Å². The minimum atomic E-state index is -0.409. The third kappa shape index (κ3) is 2.21. The van der Waals surface area contributed by atoms with Crippen LogP contribution in [0.15, 0.2) is 24.3 Å². The summed E-state index contributed by atoms with van der Waals surface area (Å²) in [6.45, 7) is 0.451. The second-order valence-electron chi connectivity index (χ2n) is 5.37. The van der Waals surface area contributed by atoms with Gasteiger partial charge in [-0.05, 0) is 12.1 Å². The highest BCUT2D eigenvalue weighted by Gasteiger charge is 2.59. The molecule has 0 aliphatic carbocycles. The molecular weight excluding hydrogens is 272 g/mol. The van der Waals surface area contributed by atoms with Crippen molar-refractivity contribution in [2.45, 2.75) is 36.8 Å². The molecule has 0 N–H and O–H groups in total. The maximum Gasteiger partial charge on any atom is 0.184 e. The Hall–Kier alpha value is -1.58. The van der Waals surface area contributed by atoms with Gasteiger partial charge in [-0.25, -0.2) is 0 Å². The number of hydrogen-bond donors (Lipinski definition) is 0. The molecule has 110 valence electrons. The van der Waals surface area contributed by atoms with E-state index >= 15 is 0 Å². The lowest BCUT2D eigenvalue weighted by atomic mass is 10.0. The van der Waals surface area contributed by atoms with Gasteiger partial charge < -0.3 is 23.7 Å². The summed E-state index contributed by atoms with van der Waals surface area (Å²) >= 11 is 0. The van der Waals surface area contributed by atoms with Crippen molar-refractivity contribution < 1.29 is 23.7 Å². The van der Waals surface area contributed by atoms with Crippen LogP contribution in [-0.2, 0) is 18.9 Å². The molecule has 0 saturated carbocycles. The van der Waals surface area contributed by atoms with Gasteiger partial charge in [0.05, 0.1) is 13.7 Å². The summed E-state index contributed by atoms with van der Waals surface area (Å²) in [6, 6.07) is 7.64. The predicted molar refractivity (Wildman–Crippen MR) is 72.7 cm³/mol. The normalized spacial score (nSPS) is 40.6. The third-order valence-electron chi connectivity index (χ3n) is 4.12. The van der Waals surface area contributed by atoms with Crippen LogP contribution in [0.2, 0.25) is 0 Å². The molecule has 1 aromatic carbocycles. The van der Waals surface area contributed by atoms with Crippen molar-refractivity contribution in [3.8, 4) is 18.1 Å². The van der Waals surface area contributed by atoms with Crippen LogP contribution >= 0.6 is 0 Å². The number of terminal acetylenes is 1. The van der Waals surface area contributed by atoms with E-state index in [1.165, 1.54) is 0 Å². The minimum Gasteiger partial charge on any atom is -0.497 e. The lowest BCUT2D eigenvalue weighted by molar-refractivity contribution is -0.278. The monoisotopic (exact) mass is 288 g/mol. The number of epoxide rings is 1. The standard InChI is InChI=1S/C16H16O5/c1-3-11-13-15(20-13)14-12(19-11)8-18-16(21-14)9-4-6-10(17-2)7-5-9/h1,4-7,11-16H,8H2,2H3/t11-,12-,13+,14-,15+,16?/m1/s1. The van der Waals surface area contributed by atoms with Crippen LogP contribution in [0.5, 0.6) is 5.75 Å². The zero-order valence-electron chi connectivity index (χ0n) is 11.6. The summed E-state index contributed by atoms with van der Waals surface area (Å²) in [5.41, 5.74) is 0.950. The lowest BCUT2D eigenvalue weighted by Crippen LogP contribution is -2.51. The first-order chi connectivity index (χ1) is 10.3. The van der Waals surface area contributed by atoms with Crippen LogP contribution in [0.3, 0.4) is 0 Å². The first-order valence-electron chi connectivity index (χ1n) is 6.98. The van der Waals surface area contributed by atoms with Crippen molar-refractivity contribution >= 4 is 0 Å². The molecule has 0 bridgehead atoms. The number of hydrogen-bond acceptors (Lipinski definition) is 5. The van der Waals surface area contributed by atoms with Gasteiger partial charge in [0.2, 0.25) is 0 Å². The van der Waals surface area contributed by atoms with Crippen molar-refractivity contribution in [1.29, 1.82) is 0 Å². The van der Waals surface area contributed by atoms with Gasteiger partial charge in [0, 0.05) is 5.56 Å². The number of rotatable bonds is 2. The predicted octanol–water partition coefficient (Wildman–Crippen LogP) is 1.28. The molecule has 21 heavy (non-hydrogen) atoms. The summed E-state index contributed by atoms with van der Waals surface area (Å²) in [5, 5.41) is 0. The van der Waals surface area contributed by atoms with Crippen LogP contribution in [0.4, 0.5) is 0 Å². The van der Waals surface area contributed by atoms with E-state index in [1.54, 1.807) is 7.11 Å². The Morgan fingerprint density at radius 1 is 1.10 bits per heavy atom. The van der Waals surface area contributed by atoms with E-state index < -0.39 is 6.29 Å². The molecule has 0 aromatic heterocycles. The van der Waals surface area contributed by atoms with E-state index in [2.05, 4.69) is 5.92 Å². The number of methoxy groups -OCH3 is 1. The molecule has 6 atom stereocenters. The van der Waals surface area contributed by atoms with Gasteiger partial charge in [0.15, 0.2) is 6.29 Å². The summed E-state index contributed by atoms with van der Waals surface area (Å²) in [5.74, 6) is 3.41. The average molecular weight is 288 g/mol. The Kier molecular flexibility index (Phi) is 3.12. The maximum absolute atomic E-state index is 6.02. The highest BCUT2D eigenvalue weighted by atomic mass is 16.7. The van der Waals surface area contributed by atoms with Crippen LogP contribution in [0, 0.1) is 12.3 Å². The highest BCUT2D eigenvalue weighted by molar-refractivity contribution is 5.28. The highest BCUT2D eigenvalue weighted by Crippen LogP contribution is 2.43. The Bertz CT molecular complexity index is 563. The Morgan fingerprint density at radius 2 is 1.90 bits per heavy atom. The van der Waals surface area contributed by atoms with E-state index in [1.807, 2.05) is 24.3 Å². The Labute approximate surface area is 123 Å². The van der Waals surface area contributed by atoms with Gasteiger partial charge >= 0.3 is 0 Å². The molecule has 0 radical (unpaired) electrons. The fourth-order valence-corrected chi connectivity index (χ4v) is 2.93. The topological polar surface area (TPSA) is 49.5 Å². The van der Waals surface area contributed by atoms with Crippen LogP contribution in [-0.4, -0.2) is 44.2 Å². The van der Waals surface area contributed by atoms with Crippen LogP contribution in [0.1, 0.15) is 11.9 Å². The van der Waals surface area contributed by atoms with Crippen LogP contribution in [0.25, 0.3) is 0 Å². The molecule has 3 heterocycles. The van der Waals surface area contributed by atoms with E-state index in [0.717, 1.165) is 11.3 Å². The first kappa shape index (κ1) is 13.1. The molecule has 5 heteroatoms. The molecule has 3 saturated heterocycles. The zero-order chi connectivity index (χ0) is 14.4. The molecule has 0 spiro atoms. The quantitative estimate of drug-likeness (QED) is 0.606. The van der Waals surface area contributed by atoms with Gasteiger partial charge in [-0.3, -0.25) is 0 Å². The third-order valence-corrected chi connectivity index (χ3v) is 4.12. The van der Waals surface area contributed by atoms with E-state index in [-0.39, 0.29) is 30.5 Å². The fourth-order valence-electron chi connectivity index (χ4n) is 2.93. The van der Waals surface area contributed by atoms with Crippen molar-refractivity contribution in [3.05, 3.63) is 29.8 Å². The molecule has 0 amide bonds. The minimum absolute atomic E-state index is 0.0226. The van der Waals surface area contributed by atoms with Gasteiger partial charge in [0.25, 0.3) is 0 Å². The number of ether oxygens (including phenoxy) is 5. The molecule has 3 aliphatic heterocycles. The molecule has 3 aliphatic rings. The Morgan fingerprint density at radius 3 is 2.62 bits per heavy atom. The maximum atomic E-state index is 6.02. The second kappa shape index (κ2) is 5.00. The molecular formula is C16H16O5.